The highest BCUT2D eigenvalue weighted by molar-refractivity contribution is 9.10. The average Bonchev–Trinajstić information content (AvgIpc) is 2.50. The Morgan fingerprint density at radius 3 is 2.55 bits per heavy atom. The largest absolute Gasteiger partial charge is 0.496 e. The van der Waals surface area contributed by atoms with Gasteiger partial charge in [0.1, 0.15) is 5.75 Å². The molecule has 0 saturated carbocycles. The summed E-state index contributed by atoms with van der Waals surface area (Å²) >= 11 is 3.26. The van der Waals surface area contributed by atoms with Crippen LogP contribution >= 0.6 is 15.9 Å². The number of benzene rings is 1. The van der Waals surface area contributed by atoms with Crippen molar-refractivity contribution in [2.45, 2.75) is 6.92 Å². The van der Waals surface area contributed by atoms with Crippen molar-refractivity contribution in [3.8, 4) is 5.75 Å². The first-order valence-corrected chi connectivity index (χ1v) is 7.06. The van der Waals surface area contributed by atoms with Crippen molar-refractivity contribution < 1.29 is 23.9 Å². The summed E-state index contributed by atoms with van der Waals surface area (Å²) in [6, 6.07) is 4.70. The summed E-state index contributed by atoms with van der Waals surface area (Å²) < 4.78 is 10.3. The second-order valence-electron chi connectivity index (χ2n) is 3.88. The predicted octanol–water partition coefficient (Wildman–Crippen LogP) is 1.34. The van der Waals surface area contributed by atoms with E-state index in [1.54, 1.807) is 25.1 Å². The fraction of sp³-hybridized carbons (Fsp3) is 0.214. The van der Waals surface area contributed by atoms with Gasteiger partial charge in [-0.05, 0) is 41.1 Å². The molecule has 2 N–H and O–H groups in total. The van der Waals surface area contributed by atoms with Crippen LogP contribution < -0.4 is 15.6 Å². The molecule has 0 fully saturated rings. The minimum Gasteiger partial charge on any atom is -0.496 e. The number of carbonyl (C=O) groups excluding carboxylic acids is 3. The first-order chi connectivity index (χ1) is 10.5. The number of rotatable bonds is 5. The topological polar surface area (TPSA) is 93.7 Å². The van der Waals surface area contributed by atoms with E-state index in [9.17, 15) is 14.4 Å². The molecule has 1 rings (SSSR count). The van der Waals surface area contributed by atoms with Crippen molar-refractivity contribution in [2.75, 3.05) is 13.7 Å². The fourth-order valence-electron chi connectivity index (χ4n) is 1.37. The number of carbonyl (C=O) groups is 3. The smallest absolute Gasteiger partial charge is 0.330 e. The first-order valence-electron chi connectivity index (χ1n) is 6.26. The lowest BCUT2D eigenvalue weighted by Gasteiger charge is -2.07. The van der Waals surface area contributed by atoms with Crippen molar-refractivity contribution in [2.24, 2.45) is 0 Å². The molecule has 0 aromatic heterocycles. The zero-order chi connectivity index (χ0) is 16.5. The van der Waals surface area contributed by atoms with Gasteiger partial charge in [0.25, 0.3) is 11.8 Å². The number of hydrogen-bond acceptors (Lipinski definition) is 5. The summed E-state index contributed by atoms with van der Waals surface area (Å²) in [6.45, 7) is 1.87. The summed E-state index contributed by atoms with van der Waals surface area (Å²) in [5.41, 5.74) is 4.68. The highest BCUT2D eigenvalue weighted by Crippen LogP contribution is 2.25. The molecule has 0 aliphatic rings. The fourth-order valence-corrected chi connectivity index (χ4v) is 1.91. The lowest BCUT2D eigenvalue weighted by atomic mass is 10.2. The molecule has 1 aromatic carbocycles. The van der Waals surface area contributed by atoms with Crippen LogP contribution in [-0.4, -0.2) is 31.5 Å². The Balaban J connectivity index is 2.54. The number of esters is 1. The number of ether oxygens (including phenoxy) is 2. The predicted molar refractivity (Wildman–Crippen MR) is 82.1 cm³/mol. The van der Waals surface area contributed by atoms with Gasteiger partial charge in [-0.3, -0.25) is 20.4 Å². The number of methoxy groups -OCH3 is 1. The number of halogens is 1. The Labute approximate surface area is 135 Å². The monoisotopic (exact) mass is 370 g/mol. The van der Waals surface area contributed by atoms with Gasteiger partial charge in [0.15, 0.2) is 0 Å². The molecule has 8 heteroatoms. The summed E-state index contributed by atoms with van der Waals surface area (Å²) in [6.07, 6.45) is 1.93. The molecule has 0 spiro atoms. The Morgan fingerprint density at radius 1 is 1.23 bits per heavy atom. The molecule has 0 bridgehead atoms. The highest BCUT2D eigenvalue weighted by Gasteiger charge is 2.09. The van der Waals surface area contributed by atoms with Crippen LogP contribution in [0.2, 0.25) is 0 Å². The number of hydrogen-bond donors (Lipinski definition) is 2. The Morgan fingerprint density at radius 2 is 1.95 bits per heavy atom. The Kier molecular flexibility index (Phi) is 7.11. The quantitative estimate of drug-likeness (QED) is 0.463. The van der Waals surface area contributed by atoms with Crippen LogP contribution in [0.4, 0.5) is 0 Å². The van der Waals surface area contributed by atoms with E-state index >= 15 is 0 Å². The van der Waals surface area contributed by atoms with Crippen LogP contribution in [0.3, 0.4) is 0 Å². The number of amides is 2. The van der Waals surface area contributed by atoms with E-state index in [2.05, 4.69) is 31.5 Å². The van der Waals surface area contributed by atoms with E-state index in [4.69, 9.17) is 4.74 Å². The van der Waals surface area contributed by atoms with E-state index in [1.165, 1.54) is 7.11 Å². The van der Waals surface area contributed by atoms with Crippen LogP contribution in [0.5, 0.6) is 5.75 Å². The molecule has 0 unspecified atom stereocenters. The molecular formula is C14H15BrN2O5. The second kappa shape index (κ2) is 8.83. The summed E-state index contributed by atoms with van der Waals surface area (Å²) in [4.78, 5) is 34.3. The van der Waals surface area contributed by atoms with Crippen LogP contribution in [0.25, 0.3) is 0 Å². The molecule has 0 heterocycles. The average molecular weight is 371 g/mol. The number of nitrogens with one attached hydrogen (secondary N) is 2. The zero-order valence-corrected chi connectivity index (χ0v) is 13.6. The molecule has 0 atom stereocenters. The van der Waals surface area contributed by atoms with Crippen LogP contribution in [-0.2, 0) is 14.3 Å². The molecule has 118 valence electrons. The maximum absolute atomic E-state index is 11.8. The first kappa shape index (κ1) is 17.7. The van der Waals surface area contributed by atoms with Gasteiger partial charge in [-0.15, -0.1) is 0 Å². The molecule has 22 heavy (non-hydrogen) atoms. The zero-order valence-electron chi connectivity index (χ0n) is 12.0. The van der Waals surface area contributed by atoms with Crippen molar-refractivity contribution in [3.63, 3.8) is 0 Å². The molecular weight excluding hydrogens is 356 g/mol. The molecule has 0 radical (unpaired) electrons. The van der Waals surface area contributed by atoms with Crippen molar-refractivity contribution in [1.29, 1.82) is 0 Å². The third-order valence-electron chi connectivity index (χ3n) is 2.37. The van der Waals surface area contributed by atoms with Crippen LogP contribution in [0.15, 0.2) is 34.8 Å². The van der Waals surface area contributed by atoms with E-state index < -0.39 is 17.8 Å². The van der Waals surface area contributed by atoms with Crippen LogP contribution in [0, 0.1) is 0 Å². The van der Waals surface area contributed by atoms with E-state index in [-0.39, 0.29) is 6.61 Å². The summed E-state index contributed by atoms with van der Waals surface area (Å²) in [5.74, 6) is -1.23. The van der Waals surface area contributed by atoms with E-state index in [0.29, 0.717) is 15.8 Å². The summed E-state index contributed by atoms with van der Waals surface area (Å²) in [5, 5.41) is 0. The molecule has 0 aliphatic carbocycles. The van der Waals surface area contributed by atoms with Gasteiger partial charge in [0.2, 0.25) is 0 Å². The van der Waals surface area contributed by atoms with Gasteiger partial charge < -0.3 is 9.47 Å². The normalized spacial score (nSPS) is 10.1. The molecule has 0 aliphatic heterocycles. The Bertz CT molecular complexity index is 601. The Hall–Kier alpha value is -2.35. The minimum absolute atomic E-state index is 0.216. The summed E-state index contributed by atoms with van der Waals surface area (Å²) in [7, 11) is 1.51. The third kappa shape index (κ3) is 5.57. The maximum Gasteiger partial charge on any atom is 0.330 e. The van der Waals surface area contributed by atoms with Crippen molar-refractivity contribution in [3.05, 3.63) is 40.4 Å². The lowest BCUT2D eigenvalue weighted by molar-refractivity contribution is -0.137. The third-order valence-corrected chi connectivity index (χ3v) is 2.99. The van der Waals surface area contributed by atoms with Crippen molar-refractivity contribution >= 4 is 33.7 Å². The van der Waals surface area contributed by atoms with Gasteiger partial charge in [0.05, 0.1) is 18.2 Å². The standard InChI is InChI=1S/C14H15BrN2O5/c1-3-22-13(19)7-6-12(18)16-17-14(20)9-4-5-11(21-2)10(15)8-9/h4-8H,3H2,1-2H3,(H,16,18)(H,17,20)/b7-6-. The molecule has 2 amide bonds. The van der Waals surface area contributed by atoms with E-state index in [0.717, 1.165) is 12.2 Å². The number of hydrazine groups is 1. The van der Waals surface area contributed by atoms with Gasteiger partial charge in [-0.25, -0.2) is 4.79 Å². The molecule has 7 nitrogen and oxygen atoms in total. The second-order valence-corrected chi connectivity index (χ2v) is 4.73. The SMILES string of the molecule is CCOC(=O)/C=C\C(=O)NNC(=O)c1ccc(OC)c(Br)c1. The lowest BCUT2D eigenvalue weighted by Crippen LogP contribution is -2.40. The van der Waals surface area contributed by atoms with Crippen LogP contribution in [0.1, 0.15) is 17.3 Å². The maximum atomic E-state index is 11.8. The molecule has 0 saturated heterocycles. The van der Waals surface area contributed by atoms with E-state index in [1.807, 2.05) is 0 Å². The van der Waals surface area contributed by atoms with Gasteiger partial charge in [-0.1, -0.05) is 0 Å². The highest BCUT2D eigenvalue weighted by atomic mass is 79.9. The van der Waals surface area contributed by atoms with Gasteiger partial charge >= 0.3 is 5.97 Å². The minimum atomic E-state index is -0.658. The van der Waals surface area contributed by atoms with Gasteiger partial charge in [0, 0.05) is 17.7 Å². The van der Waals surface area contributed by atoms with Gasteiger partial charge in [-0.2, -0.15) is 0 Å². The molecule has 1 aromatic rings. The van der Waals surface area contributed by atoms with Crippen molar-refractivity contribution in [1.82, 2.24) is 10.9 Å².